The fourth-order valence-electron chi connectivity index (χ4n) is 1.13. The third-order valence-corrected chi connectivity index (χ3v) is 1.65. The summed E-state index contributed by atoms with van der Waals surface area (Å²) in [4.78, 5) is 0. The maximum absolute atomic E-state index is 5.38. The van der Waals surface area contributed by atoms with Crippen LogP contribution in [0.5, 0.6) is 0 Å². The zero-order valence-corrected chi connectivity index (χ0v) is 8.25. The lowest BCUT2D eigenvalue weighted by atomic mass is 10.3. The zero-order valence-electron chi connectivity index (χ0n) is 8.25. The molecule has 2 heteroatoms. The number of ether oxygens (including phenoxy) is 2. The van der Waals surface area contributed by atoms with Crippen LogP contribution in [0.1, 0.15) is 20.3 Å². The smallest absolute Gasteiger partial charge is 0.161 e. The lowest BCUT2D eigenvalue weighted by molar-refractivity contribution is 0.0771. The Morgan fingerprint density at radius 1 is 0.923 bits per heavy atom. The van der Waals surface area contributed by atoms with Crippen molar-refractivity contribution in [3.63, 3.8) is 0 Å². The molecule has 0 saturated carbocycles. The van der Waals surface area contributed by atoms with Gasteiger partial charge in [0.1, 0.15) is 13.2 Å². The third kappa shape index (κ3) is 2.65. The Labute approximate surface area is 79.5 Å². The first-order chi connectivity index (χ1) is 6.47. The Kier molecular flexibility index (Phi) is 4.16. The average Bonchev–Trinajstić information content (AvgIpc) is 2.45. The summed E-state index contributed by atoms with van der Waals surface area (Å²) in [7, 11) is 0. The molecule has 1 heterocycles. The van der Waals surface area contributed by atoms with Gasteiger partial charge in [0, 0.05) is 0 Å². The second-order valence-electron chi connectivity index (χ2n) is 2.47. The number of hydrogen-bond donors (Lipinski definition) is 0. The Bertz CT molecular complexity index is 212. The fourth-order valence-corrected chi connectivity index (χ4v) is 1.13. The minimum Gasteiger partial charge on any atom is -0.486 e. The molecule has 0 saturated heterocycles. The second-order valence-corrected chi connectivity index (χ2v) is 2.47. The van der Waals surface area contributed by atoms with Gasteiger partial charge in [0.15, 0.2) is 11.5 Å². The summed E-state index contributed by atoms with van der Waals surface area (Å²) in [5.74, 6) is 1.73. The van der Waals surface area contributed by atoms with Gasteiger partial charge in [-0.15, -0.1) is 0 Å². The van der Waals surface area contributed by atoms with Crippen LogP contribution >= 0.6 is 0 Å². The van der Waals surface area contributed by atoms with E-state index in [1.807, 2.05) is 26.0 Å². The highest BCUT2D eigenvalue weighted by Crippen LogP contribution is 2.18. The van der Waals surface area contributed by atoms with E-state index in [2.05, 4.69) is 12.2 Å². The van der Waals surface area contributed by atoms with E-state index in [4.69, 9.17) is 9.47 Å². The summed E-state index contributed by atoms with van der Waals surface area (Å²) in [6, 6.07) is 0. The van der Waals surface area contributed by atoms with Gasteiger partial charge in [0.05, 0.1) is 0 Å². The van der Waals surface area contributed by atoms with Crippen LogP contribution < -0.4 is 0 Å². The molecule has 0 fully saturated rings. The summed E-state index contributed by atoms with van der Waals surface area (Å²) < 4.78 is 10.8. The van der Waals surface area contributed by atoms with Gasteiger partial charge in [-0.25, -0.2) is 0 Å². The number of rotatable bonds is 0. The van der Waals surface area contributed by atoms with Crippen molar-refractivity contribution in [1.82, 2.24) is 0 Å². The van der Waals surface area contributed by atoms with Gasteiger partial charge in [-0.05, 0) is 18.6 Å². The van der Waals surface area contributed by atoms with Crippen molar-refractivity contribution < 1.29 is 9.47 Å². The van der Waals surface area contributed by atoms with E-state index in [9.17, 15) is 0 Å². The van der Waals surface area contributed by atoms with Crippen molar-refractivity contribution in [2.75, 3.05) is 13.2 Å². The molecule has 72 valence electrons. The van der Waals surface area contributed by atoms with Crippen LogP contribution in [0.4, 0.5) is 0 Å². The van der Waals surface area contributed by atoms with Crippen molar-refractivity contribution >= 4 is 0 Å². The molecule has 2 rings (SSSR count). The maximum atomic E-state index is 5.38. The largest absolute Gasteiger partial charge is 0.486 e. The standard InChI is InChI=1S/C9H10O2.C2H6/c1-2-4-8-9(5-3-1)11-7-6-10-8;1-2/h2-5H,1,6-7H2;1-2H3. The molecule has 0 amide bonds. The van der Waals surface area contributed by atoms with E-state index in [1.54, 1.807) is 0 Å². The molecule has 0 aromatic carbocycles. The van der Waals surface area contributed by atoms with Crippen LogP contribution in [0.15, 0.2) is 35.8 Å². The summed E-state index contributed by atoms with van der Waals surface area (Å²) >= 11 is 0. The molecule has 0 aromatic rings. The van der Waals surface area contributed by atoms with Crippen molar-refractivity contribution in [3.8, 4) is 0 Å². The third-order valence-electron chi connectivity index (χ3n) is 1.65. The average molecular weight is 180 g/mol. The molecular weight excluding hydrogens is 164 g/mol. The number of hydrogen-bond acceptors (Lipinski definition) is 2. The topological polar surface area (TPSA) is 18.5 Å². The van der Waals surface area contributed by atoms with E-state index in [0.717, 1.165) is 17.9 Å². The monoisotopic (exact) mass is 180 g/mol. The van der Waals surface area contributed by atoms with E-state index < -0.39 is 0 Å². The van der Waals surface area contributed by atoms with Gasteiger partial charge in [0.25, 0.3) is 0 Å². The molecule has 1 aliphatic carbocycles. The molecule has 0 unspecified atom stereocenters. The normalized spacial score (nSPS) is 18.9. The van der Waals surface area contributed by atoms with E-state index in [-0.39, 0.29) is 0 Å². The second kappa shape index (κ2) is 5.46. The minimum absolute atomic E-state index is 0.664. The lowest BCUT2D eigenvalue weighted by Crippen LogP contribution is -2.11. The molecule has 2 aliphatic rings. The summed E-state index contributed by atoms with van der Waals surface area (Å²) in [6.07, 6.45) is 9.02. The van der Waals surface area contributed by atoms with E-state index >= 15 is 0 Å². The fraction of sp³-hybridized carbons (Fsp3) is 0.455. The van der Waals surface area contributed by atoms with Crippen LogP contribution in [0, 0.1) is 0 Å². The molecule has 0 radical (unpaired) electrons. The summed E-state index contributed by atoms with van der Waals surface area (Å²) in [5, 5.41) is 0. The molecule has 2 nitrogen and oxygen atoms in total. The minimum atomic E-state index is 0.664. The SMILES string of the molecule is C1=CC2=C(C=CC1)OCCO2.CC. The van der Waals surface area contributed by atoms with Gasteiger partial charge >= 0.3 is 0 Å². The summed E-state index contributed by atoms with van der Waals surface area (Å²) in [5.41, 5.74) is 0. The van der Waals surface area contributed by atoms with Crippen LogP contribution in [0.3, 0.4) is 0 Å². The predicted molar refractivity (Wildman–Crippen MR) is 53.2 cm³/mol. The van der Waals surface area contributed by atoms with Crippen molar-refractivity contribution in [1.29, 1.82) is 0 Å². The Morgan fingerprint density at radius 2 is 1.38 bits per heavy atom. The quantitative estimate of drug-likeness (QED) is 0.570. The highest BCUT2D eigenvalue weighted by Gasteiger charge is 2.10. The molecule has 0 aromatic heterocycles. The van der Waals surface area contributed by atoms with Crippen LogP contribution in [0.2, 0.25) is 0 Å². The number of allylic oxidation sites excluding steroid dienone is 4. The van der Waals surface area contributed by atoms with Crippen LogP contribution in [0.25, 0.3) is 0 Å². The lowest BCUT2D eigenvalue weighted by Gasteiger charge is -2.17. The highest BCUT2D eigenvalue weighted by molar-refractivity contribution is 5.28. The van der Waals surface area contributed by atoms with Gasteiger partial charge in [-0.3, -0.25) is 0 Å². The molecule has 0 N–H and O–H groups in total. The van der Waals surface area contributed by atoms with Crippen LogP contribution in [-0.2, 0) is 9.47 Å². The Morgan fingerprint density at radius 3 is 1.85 bits per heavy atom. The molecule has 13 heavy (non-hydrogen) atoms. The first kappa shape index (κ1) is 9.90. The molecule has 0 bridgehead atoms. The van der Waals surface area contributed by atoms with Gasteiger partial charge < -0.3 is 9.47 Å². The molecule has 1 aliphatic heterocycles. The maximum Gasteiger partial charge on any atom is 0.161 e. The van der Waals surface area contributed by atoms with Crippen LogP contribution in [-0.4, -0.2) is 13.2 Å². The molecule has 0 atom stereocenters. The van der Waals surface area contributed by atoms with Crippen molar-refractivity contribution in [3.05, 3.63) is 35.8 Å². The molecule has 0 spiro atoms. The summed E-state index contributed by atoms with van der Waals surface area (Å²) in [6.45, 7) is 5.33. The Hall–Kier alpha value is -1.18. The van der Waals surface area contributed by atoms with Crippen molar-refractivity contribution in [2.24, 2.45) is 0 Å². The van der Waals surface area contributed by atoms with Crippen molar-refractivity contribution in [2.45, 2.75) is 20.3 Å². The predicted octanol–water partition coefficient (Wildman–Crippen LogP) is 2.79. The Balaban J connectivity index is 0.000000396. The van der Waals surface area contributed by atoms with E-state index in [1.165, 1.54) is 0 Å². The zero-order chi connectivity index (χ0) is 9.52. The van der Waals surface area contributed by atoms with Gasteiger partial charge in [-0.1, -0.05) is 26.0 Å². The van der Waals surface area contributed by atoms with Gasteiger partial charge in [-0.2, -0.15) is 0 Å². The first-order valence-corrected chi connectivity index (χ1v) is 4.80. The van der Waals surface area contributed by atoms with E-state index in [0.29, 0.717) is 13.2 Å². The van der Waals surface area contributed by atoms with Gasteiger partial charge in [0.2, 0.25) is 0 Å². The highest BCUT2D eigenvalue weighted by atomic mass is 16.6. The molecular formula is C11H16O2. The first-order valence-electron chi connectivity index (χ1n) is 4.80.